The number of benzene rings is 2. The van der Waals surface area contributed by atoms with Crippen LogP contribution in [0.25, 0.3) is 0 Å². The van der Waals surface area contributed by atoms with Gasteiger partial charge in [-0.05, 0) is 36.6 Å². The van der Waals surface area contributed by atoms with Gasteiger partial charge in [-0.2, -0.15) is 0 Å². The second-order valence-corrected chi connectivity index (χ2v) is 6.08. The number of hydrogen-bond donors (Lipinski definition) is 2. The molecule has 2 aromatic carbocycles. The molecule has 0 bridgehead atoms. The van der Waals surface area contributed by atoms with E-state index in [1.165, 1.54) is 5.56 Å². The van der Waals surface area contributed by atoms with Gasteiger partial charge in [-0.15, -0.1) is 0 Å². The third-order valence-electron chi connectivity index (χ3n) is 4.24. The van der Waals surface area contributed by atoms with Crippen LogP contribution in [0.2, 0.25) is 0 Å². The Kier molecular flexibility index (Phi) is 4.63. The fourth-order valence-electron chi connectivity index (χ4n) is 2.70. The van der Waals surface area contributed by atoms with Gasteiger partial charge >= 0.3 is 0 Å². The second-order valence-electron chi connectivity index (χ2n) is 6.08. The summed E-state index contributed by atoms with van der Waals surface area (Å²) >= 11 is 0. The van der Waals surface area contributed by atoms with Crippen LogP contribution in [0.5, 0.6) is 5.75 Å². The molecule has 1 aliphatic rings. The second kappa shape index (κ2) is 6.84. The van der Waals surface area contributed by atoms with Crippen molar-refractivity contribution in [2.24, 2.45) is 5.73 Å². The summed E-state index contributed by atoms with van der Waals surface area (Å²) in [6, 6.07) is 18.4. The zero-order valence-electron chi connectivity index (χ0n) is 13.2. The summed E-state index contributed by atoms with van der Waals surface area (Å²) in [6.45, 7) is 2.38. The third kappa shape index (κ3) is 4.11. The lowest BCUT2D eigenvalue weighted by Gasteiger charge is -2.10. The average Bonchev–Trinajstić information content (AvgIpc) is 3.33. The van der Waals surface area contributed by atoms with Gasteiger partial charge in [0.2, 0.25) is 5.91 Å². The topological polar surface area (TPSA) is 64.3 Å². The van der Waals surface area contributed by atoms with E-state index >= 15 is 0 Å². The molecular formula is C19H22N2O2. The third-order valence-corrected chi connectivity index (χ3v) is 4.24. The minimum Gasteiger partial charge on any atom is -0.489 e. The van der Waals surface area contributed by atoms with E-state index < -0.39 is 0 Å². The number of ether oxygens (including phenoxy) is 1. The van der Waals surface area contributed by atoms with E-state index in [0.717, 1.165) is 17.7 Å². The van der Waals surface area contributed by atoms with Crippen molar-refractivity contribution < 1.29 is 9.53 Å². The molecule has 1 saturated carbocycles. The smallest absolute Gasteiger partial charge is 0.234 e. The molecule has 2 aromatic rings. The first-order valence-electron chi connectivity index (χ1n) is 7.95. The van der Waals surface area contributed by atoms with Crippen molar-refractivity contribution in [3.05, 3.63) is 65.7 Å². The van der Waals surface area contributed by atoms with Crippen LogP contribution in [0.15, 0.2) is 54.6 Å². The molecule has 1 fully saturated rings. The van der Waals surface area contributed by atoms with E-state index in [0.29, 0.717) is 18.6 Å². The van der Waals surface area contributed by atoms with Gasteiger partial charge < -0.3 is 15.8 Å². The molecule has 0 aromatic heterocycles. The normalized spacial score (nSPS) is 20.7. The molecule has 0 spiro atoms. The Labute approximate surface area is 136 Å². The highest BCUT2D eigenvalue weighted by Gasteiger charge is 2.39. The Bertz CT molecular complexity index is 655. The number of carbonyl (C=O) groups is 1. The van der Waals surface area contributed by atoms with Gasteiger partial charge in [-0.25, -0.2) is 0 Å². The average molecular weight is 310 g/mol. The van der Waals surface area contributed by atoms with Gasteiger partial charge in [0, 0.05) is 12.0 Å². The molecule has 0 heterocycles. The van der Waals surface area contributed by atoms with Crippen molar-refractivity contribution in [3.63, 3.8) is 0 Å². The van der Waals surface area contributed by atoms with Crippen LogP contribution in [-0.2, 0) is 11.4 Å². The molecule has 3 N–H and O–H groups in total. The zero-order valence-corrected chi connectivity index (χ0v) is 13.2. The Morgan fingerprint density at radius 1 is 1.22 bits per heavy atom. The summed E-state index contributed by atoms with van der Waals surface area (Å²) in [6.07, 6.45) is 1.04. The van der Waals surface area contributed by atoms with Crippen LogP contribution in [0.4, 0.5) is 0 Å². The molecule has 120 valence electrons. The maximum Gasteiger partial charge on any atom is 0.234 e. The first-order chi connectivity index (χ1) is 11.1. The maximum absolute atomic E-state index is 11.1. The summed E-state index contributed by atoms with van der Waals surface area (Å²) in [5, 5.41) is 3.26. The molecule has 0 saturated heterocycles. The van der Waals surface area contributed by atoms with E-state index in [9.17, 15) is 4.79 Å². The quantitative estimate of drug-likeness (QED) is 0.826. The van der Waals surface area contributed by atoms with Gasteiger partial charge in [0.05, 0.1) is 6.04 Å². The van der Waals surface area contributed by atoms with Crippen molar-refractivity contribution >= 4 is 5.91 Å². The molecule has 1 aliphatic carbocycles. The van der Waals surface area contributed by atoms with Gasteiger partial charge in [-0.1, -0.05) is 42.5 Å². The number of primary amides is 1. The Hall–Kier alpha value is -2.33. The van der Waals surface area contributed by atoms with Crippen LogP contribution >= 0.6 is 0 Å². The van der Waals surface area contributed by atoms with Crippen LogP contribution in [0, 0.1) is 0 Å². The first kappa shape index (κ1) is 15.6. The van der Waals surface area contributed by atoms with Crippen molar-refractivity contribution in [1.29, 1.82) is 0 Å². The molecule has 4 heteroatoms. The minimum atomic E-state index is -0.305. The van der Waals surface area contributed by atoms with E-state index in [-0.39, 0.29) is 11.9 Å². The van der Waals surface area contributed by atoms with Crippen molar-refractivity contribution in [2.45, 2.75) is 38.0 Å². The maximum atomic E-state index is 11.1. The van der Waals surface area contributed by atoms with Gasteiger partial charge in [0.1, 0.15) is 12.4 Å². The van der Waals surface area contributed by atoms with E-state index in [1.54, 1.807) is 6.92 Å². The summed E-state index contributed by atoms with van der Waals surface area (Å²) in [7, 11) is 0. The van der Waals surface area contributed by atoms with E-state index in [4.69, 9.17) is 10.5 Å². The largest absolute Gasteiger partial charge is 0.489 e. The van der Waals surface area contributed by atoms with Crippen LogP contribution < -0.4 is 15.8 Å². The van der Waals surface area contributed by atoms with Crippen molar-refractivity contribution in [2.75, 3.05) is 0 Å². The molecule has 3 rings (SSSR count). The summed E-state index contributed by atoms with van der Waals surface area (Å²) < 4.78 is 5.79. The monoisotopic (exact) mass is 310 g/mol. The number of amides is 1. The number of nitrogens with two attached hydrogens (primary N) is 1. The summed E-state index contributed by atoms with van der Waals surface area (Å²) in [5.41, 5.74) is 7.71. The number of hydrogen-bond acceptors (Lipinski definition) is 3. The molecule has 0 aliphatic heterocycles. The SMILES string of the molecule is CC(N[C@@H]1C[C@H]1c1ccc(OCc2ccccc2)cc1)C(N)=O. The highest BCUT2D eigenvalue weighted by atomic mass is 16.5. The van der Waals surface area contributed by atoms with E-state index in [2.05, 4.69) is 29.6 Å². The molecule has 1 unspecified atom stereocenters. The highest BCUT2D eigenvalue weighted by molar-refractivity contribution is 5.79. The number of nitrogens with one attached hydrogen (secondary N) is 1. The molecule has 3 atom stereocenters. The highest BCUT2D eigenvalue weighted by Crippen LogP contribution is 2.41. The fourth-order valence-corrected chi connectivity index (χ4v) is 2.70. The predicted octanol–water partition coefficient (Wildman–Crippen LogP) is 2.58. The Morgan fingerprint density at radius 3 is 2.57 bits per heavy atom. The van der Waals surface area contributed by atoms with Crippen LogP contribution in [0.1, 0.15) is 30.4 Å². The van der Waals surface area contributed by atoms with Crippen LogP contribution in [0.3, 0.4) is 0 Å². The molecule has 1 amide bonds. The number of rotatable bonds is 7. The van der Waals surface area contributed by atoms with Gasteiger partial charge in [0.15, 0.2) is 0 Å². The Morgan fingerprint density at radius 2 is 1.91 bits per heavy atom. The molecule has 0 radical (unpaired) electrons. The lowest BCUT2D eigenvalue weighted by Crippen LogP contribution is -2.40. The lowest BCUT2D eigenvalue weighted by molar-refractivity contribution is -0.119. The Balaban J connectivity index is 1.51. The van der Waals surface area contributed by atoms with Crippen molar-refractivity contribution in [3.8, 4) is 5.75 Å². The van der Waals surface area contributed by atoms with Crippen molar-refractivity contribution in [1.82, 2.24) is 5.32 Å². The van der Waals surface area contributed by atoms with Gasteiger partial charge in [0.25, 0.3) is 0 Å². The minimum absolute atomic E-state index is 0.279. The molecule has 23 heavy (non-hydrogen) atoms. The first-order valence-corrected chi connectivity index (χ1v) is 7.95. The number of carbonyl (C=O) groups excluding carboxylic acids is 1. The molecule has 4 nitrogen and oxygen atoms in total. The van der Waals surface area contributed by atoms with Gasteiger partial charge in [-0.3, -0.25) is 4.79 Å². The zero-order chi connectivity index (χ0) is 16.2. The standard InChI is InChI=1S/C19H22N2O2/c1-13(19(20)22)21-18-11-17(18)15-7-9-16(10-8-15)23-12-14-5-3-2-4-6-14/h2-10,13,17-18,21H,11-12H2,1H3,(H2,20,22)/t13?,17-,18+/m0/s1. The van der Waals surface area contributed by atoms with E-state index in [1.807, 2.05) is 30.3 Å². The van der Waals surface area contributed by atoms with Crippen LogP contribution in [-0.4, -0.2) is 18.0 Å². The molecular weight excluding hydrogens is 288 g/mol. The predicted molar refractivity (Wildman–Crippen MR) is 90.2 cm³/mol. The summed E-state index contributed by atoms with van der Waals surface area (Å²) in [5.74, 6) is 1.02. The fraction of sp³-hybridized carbons (Fsp3) is 0.316. The summed E-state index contributed by atoms with van der Waals surface area (Å²) in [4.78, 5) is 11.1. The lowest BCUT2D eigenvalue weighted by atomic mass is 10.1.